The number of nitrogens with one attached hydrogen (secondary N) is 1. The largest absolute Gasteiger partial charge is 0.494 e. The smallest absolute Gasteiger partial charge is 0.332 e. The standard InChI is InChI=1S/C19H18N6O4/c1-23-17-16(18(27)24(2)19(23)28)21-10-25(17)9-14(26)22-12-6-7-13(29-3)15-11(12)5-4-8-20-15/h4-8,10H,9H2,1-3H3,(H,22,26). The van der Waals surface area contributed by atoms with Crippen LogP contribution in [0.2, 0.25) is 0 Å². The molecule has 0 aliphatic heterocycles. The number of anilines is 1. The van der Waals surface area contributed by atoms with Crippen molar-refractivity contribution in [1.82, 2.24) is 23.7 Å². The second-order valence-corrected chi connectivity index (χ2v) is 6.51. The summed E-state index contributed by atoms with van der Waals surface area (Å²) in [6.07, 6.45) is 3.02. The van der Waals surface area contributed by atoms with Crippen LogP contribution in [0.3, 0.4) is 0 Å². The Kier molecular flexibility index (Phi) is 4.38. The maximum atomic E-state index is 12.7. The van der Waals surface area contributed by atoms with Crippen LogP contribution in [0.5, 0.6) is 5.75 Å². The van der Waals surface area contributed by atoms with E-state index in [0.29, 0.717) is 17.0 Å². The molecular weight excluding hydrogens is 376 g/mol. The molecule has 29 heavy (non-hydrogen) atoms. The van der Waals surface area contributed by atoms with Crippen LogP contribution in [0.1, 0.15) is 0 Å². The predicted molar refractivity (Wildman–Crippen MR) is 107 cm³/mol. The van der Waals surface area contributed by atoms with Gasteiger partial charge in [0, 0.05) is 25.7 Å². The van der Waals surface area contributed by atoms with Crippen LogP contribution in [-0.2, 0) is 25.4 Å². The van der Waals surface area contributed by atoms with Crippen molar-refractivity contribution in [3.63, 3.8) is 0 Å². The number of rotatable bonds is 4. The van der Waals surface area contributed by atoms with Gasteiger partial charge in [-0.1, -0.05) is 0 Å². The van der Waals surface area contributed by atoms with E-state index < -0.39 is 11.2 Å². The Bertz CT molecular complexity index is 1380. The number of hydrogen-bond acceptors (Lipinski definition) is 6. The maximum Gasteiger partial charge on any atom is 0.332 e. The van der Waals surface area contributed by atoms with Crippen molar-refractivity contribution in [2.24, 2.45) is 14.1 Å². The monoisotopic (exact) mass is 394 g/mol. The molecule has 0 atom stereocenters. The first-order valence-corrected chi connectivity index (χ1v) is 8.74. The minimum atomic E-state index is -0.505. The molecule has 1 amide bonds. The van der Waals surface area contributed by atoms with Crippen molar-refractivity contribution in [2.75, 3.05) is 12.4 Å². The van der Waals surface area contributed by atoms with Crippen molar-refractivity contribution in [3.05, 3.63) is 57.6 Å². The fourth-order valence-electron chi connectivity index (χ4n) is 3.32. The molecule has 10 heteroatoms. The van der Waals surface area contributed by atoms with Gasteiger partial charge in [0.15, 0.2) is 5.52 Å². The van der Waals surface area contributed by atoms with Gasteiger partial charge in [-0.2, -0.15) is 0 Å². The molecule has 1 aromatic carbocycles. The van der Waals surface area contributed by atoms with Gasteiger partial charge >= 0.3 is 5.69 Å². The first-order valence-electron chi connectivity index (χ1n) is 8.74. The highest BCUT2D eigenvalue weighted by molar-refractivity contribution is 6.02. The number of ether oxygens (including phenoxy) is 1. The quantitative estimate of drug-likeness (QED) is 0.543. The number of benzene rings is 1. The first kappa shape index (κ1) is 18.4. The molecule has 4 aromatic rings. The van der Waals surface area contributed by atoms with Crippen molar-refractivity contribution in [1.29, 1.82) is 0 Å². The minimum Gasteiger partial charge on any atom is -0.494 e. The van der Waals surface area contributed by atoms with Crippen LogP contribution >= 0.6 is 0 Å². The van der Waals surface area contributed by atoms with Crippen molar-refractivity contribution >= 4 is 33.7 Å². The highest BCUT2D eigenvalue weighted by Crippen LogP contribution is 2.29. The number of pyridine rings is 1. The lowest BCUT2D eigenvalue weighted by Crippen LogP contribution is -2.37. The number of fused-ring (bicyclic) bond motifs is 2. The molecule has 0 saturated carbocycles. The van der Waals surface area contributed by atoms with Crippen molar-refractivity contribution < 1.29 is 9.53 Å². The molecule has 0 fully saturated rings. The molecular formula is C19H18N6O4. The number of aromatic nitrogens is 5. The van der Waals surface area contributed by atoms with E-state index in [1.807, 2.05) is 6.07 Å². The molecule has 1 N–H and O–H groups in total. The van der Waals surface area contributed by atoms with Gasteiger partial charge in [-0.05, 0) is 24.3 Å². The van der Waals surface area contributed by atoms with Gasteiger partial charge in [0.05, 0.1) is 19.1 Å². The maximum absolute atomic E-state index is 12.7. The van der Waals surface area contributed by atoms with Gasteiger partial charge in [0.25, 0.3) is 5.56 Å². The summed E-state index contributed by atoms with van der Waals surface area (Å²) < 4.78 is 9.06. The summed E-state index contributed by atoms with van der Waals surface area (Å²) in [6, 6.07) is 7.07. The van der Waals surface area contributed by atoms with Crippen LogP contribution in [0.4, 0.5) is 5.69 Å². The third-order valence-corrected chi connectivity index (χ3v) is 4.75. The zero-order valence-electron chi connectivity index (χ0n) is 16.0. The average molecular weight is 394 g/mol. The Morgan fingerprint density at radius 3 is 2.66 bits per heavy atom. The zero-order valence-corrected chi connectivity index (χ0v) is 16.0. The molecule has 0 saturated heterocycles. The summed E-state index contributed by atoms with van der Waals surface area (Å²) in [6.45, 7) is -0.120. The lowest BCUT2D eigenvalue weighted by molar-refractivity contribution is -0.116. The molecule has 3 heterocycles. The Morgan fingerprint density at radius 1 is 1.10 bits per heavy atom. The van der Waals surface area contributed by atoms with Gasteiger partial charge in [-0.3, -0.25) is 23.7 Å². The molecule has 0 aliphatic carbocycles. The number of imidazole rings is 1. The van der Waals surface area contributed by atoms with E-state index >= 15 is 0 Å². The molecule has 3 aromatic heterocycles. The van der Waals surface area contributed by atoms with E-state index in [1.54, 1.807) is 31.5 Å². The highest BCUT2D eigenvalue weighted by atomic mass is 16.5. The second kappa shape index (κ2) is 6.89. The highest BCUT2D eigenvalue weighted by Gasteiger charge is 2.16. The Morgan fingerprint density at radius 2 is 1.90 bits per heavy atom. The van der Waals surface area contributed by atoms with E-state index in [9.17, 15) is 14.4 Å². The first-order chi connectivity index (χ1) is 13.9. The molecule has 4 rings (SSSR count). The van der Waals surface area contributed by atoms with Crippen LogP contribution in [-0.4, -0.2) is 36.7 Å². The van der Waals surface area contributed by atoms with Crippen LogP contribution < -0.4 is 21.3 Å². The van der Waals surface area contributed by atoms with E-state index in [4.69, 9.17) is 4.74 Å². The molecule has 10 nitrogen and oxygen atoms in total. The van der Waals surface area contributed by atoms with E-state index in [-0.39, 0.29) is 23.6 Å². The fraction of sp³-hybridized carbons (Fsp3) is 0.211. The zero-order chi connectivity index (χ0) is 20.7. The molecule has 148 valence electrons. The topological polar surface area (TPSA) is 113 Å². The number of aryl methyl sites for hydroxylation is 1. The third kappa shape index (κ3) is 2.94. The number of methoxy groups -OCH3 is 1. The Balaban J connectivity index is 1.70. The molecule has 0 spiro atoms. The van der Waals surface area contributed by atoms with Gasteiger partial charge in [-0.25, -0.2) is 9.78 Å². The Hall–Kier alpha value is -3.95. The molecule has 0 unspecified atom stereocenters. The minimum absolute atomic E-state index is 0.120. The van der Waals surface area contributed by atoms with Crippen LogP contribution in [0, 0.1) is 0 Å². The normalized spacial score (nSPS) is 11.1. The number of carbonyl (C=O) groups is 1. The lowest BCUT2D eigenvalue weighted by atomic mass is 10.1. The van der Waals surface area contributed by atoms with Crippen molar-refractivity contribution in [2.45, 2.75) is 6.54 Å². The van der Waals surface area contributed by atoms with Gasteiger partial charge < -0.3 is 14.6 Å². The van der Waals surface area contributed by atoms with E-state index in [2.05, 4.69) is 15.3 Å². The van der Waals surface area contributed by atoms with E-state index in [1.165, 1.54) is 29.6 Å². The van der Waals surface area contributed by atoms with E-state index in [0.717, 1.165) is 9.95 Å². The second-order valence-electron chi connectivity index (χ2n) is 6.51. The summed E-state index contributed by atoms with van der Waals surface area (Å²) in [5.41, 5.74) is 0.627. The van der Waals surface area contributed by atoms with Crippen LogP contribution in [0.15, 0.2) is 46.4 Å². The molecule has 0 bridgehead atoms. The summed E-state index contributed by atoms with van der Waals surface area (Å²) in [4.78, 5) is 45.5. The fourth-order valence-corrected chi connectivity index (χ4v) is 3.32. The molecule has 0 aliphatic rings. The Labute approximate surface area is 164 Å². The van der Waals surface area contributed by atoms with Crippen molar-refractivity contribution in [3.8, 4) is 5.75 Å². The van der Waals surface area contributed by atoms with Gasteiger partial charge in [-0.15, -0.1) is 0 Å². The summed E-state index contributed by atoms with van der Waals surface area (Å²) in [5.74, 6) is 0.262. The SMILES string of the molecule is COc1ccc(NC(=O)Cn2cnc3c(=O)n(C)c(=O)n(C)c32)c2cccnc12. The third-order valence-electron chi connectivity index (χ3n) is 4.75. The number of hydrogen-bond donors (Lipinski definition) is 1. The van der Waals surface area contributed by atoms with Crippen LogP contribution in [0.25, 0.3) is 22.1 Å². The predicted octanol–water partition coefficient (Wildman–Crippen LogP) is 0.629. The number of nitrogens with zero attached hydrogens (tertiary/aromatic N) is 5. The molecule has 0 radical (unpaired) electrons. The summed E-state index contributed by atoms with van der Waals surface area (Å²) in [7, 11) is 4.47. The van der Waals surface area contributed by atoms with Gasteiger partial charge in [0.2, 0.25) is 5.91 Å². The number of carbonyl (C=O) groups excluding carboxylic acids is 1. The van der Waals surface area contributed by atoms with Gasteiger partial charge in [0.1, 0.15) is 23.5 Å². The summed E-state index contributed by atoms with van der Waals surface area (Å²) in [5, 5.41) is 3.58. The average Bonchev–Trinajstić information content (AvgIpc) is 3.14. The number of amides is 1. The lowest BCUT2D eigenvalue weighted by Gasteiger charge is -2.12. The summed E-state index contributed by atoms with van der Waals surface area (Å²) >= 11 is 0.